The van der Waals surface area contributed by atoms with Gasteiger partial charge < -0.3 is 9.72 Å². The van der Waals surface area contributed by atoms with Gasteiger partial charge in [0, 0.05) is 18.3 Å². The van der Waals surface area contributed by atoms with Crippen molar-refractivity contribution in [3.05, 3.63) is 59.4 Å². The number of benzene rings is 1. The number of hydrogen-bond acceptors (Lipinski definition) is 1. The summed E-state index contributed by atoms with van der Waals surface area (Å²) in [5.41, 5.74) is 3.89. The molecule has 1 aliphatic rings. The fraction of sp³-hybridized carbons (Fsp3) is 0.444. The van der Waals surface area contributed by atoms with Gasteiger partial charge in [-0.05, 0) is 29.7 Å². The first-order chi connectivity index (χ1) is 9.84. The number of ether oxygens (including phenoxy) is 1. The van der Waals surface area contributed by atoms with E-state index in [0.717, 1.165) is 19.4 Å². The first-order valence-corrected chi connectivity index (χ1v) is 7.69. The number of hydrogen-bond donors (Lipinski definition) is 1. The molecule has 20 heavy (non-hydrogen) atoms. The Hall–Kier alpha value is -1.54. The molecule has 2 heteroatoms. The predicted molar refractivity (Wildman–Crippen MR) is 81.5 cm³/mol. The molecule has 1 aromatic carbocycles. The van der Waals surface area contributed by atoms with Crippen LogP contribution < -0.4 is 0 Å². The smallest absolute Gasteiger partial charge is 0.0993 e. The SMILES string of the molecule is CCCCCC1(Cc2ccc[nH]2)OCc2ccccc21. The Morgan fingerprint density at radius 3 is 2.85 bits per heavy atom. The number of rotatable bonds is 6. The molecular formula is C18H23NO. The number of H-pyrrole nitrogens is 1. The summed E-state index contributed by atoms with van der Waals surface area (Å²) in [4.78, 5) is 3.33. The Morgan fingerprint density at radius 2 is 2.05 bits per heavy atom. The Kier molecular flexibility index (Phi) is 3.93. The molecule has 0 fully saturated rings. The minimum absolute atomic E-state index is 0.128. The van der Waals surface area contributed by atoms with Crippen molar-refractivity contribution in [1.82, 2.24) is 4.98 Å². The Bertz CT molecular complexity index is 546. The van der Waals surface area contributed by atoms with Crippen LogP contribution in [0.1, 0.15) is 49.4 Å². The van der Waals surface area contributed by atoms with Gasteiger partial charge in [-0.1, -0.05) is 50.5 Å². The molecule has 0 saturated heterocycles. The molecular weight excluding hydrogens is 246 g/mol. The quantitative estimate of drug-likeness (QED) is 0.764. The number of fused-ring (bicyclic) bond motifs is 1. The Balaban J connectivity index is 1.88. The molecule has 0 spiro atoms. The molecule has 2 nitrogen and oxygen atoms in total. The van der Waals surface area contributed by atoms with Crippen molar-refractivity contribution in [2.45, 2.75) is 51.2 Å². The van der Waals surface area contributed by atoms with E-state index < -0.39 is 0 Å². The van der Waals surface area contributed by atoms with Crippen LogP contribution in [0, 0.1) is 0 Å². The molecule has 3 rings (SSSR count). The van der Waals surface area contributed by atoms with E-state index >= 15 is 0 Å². The van der Waals surface area contributed by atoms with Crippen LogP contribution in [0.2, 0.25) is 0 Å². The molecule has 2 heterocycles. The number of unbranched alkanes of at least 4 members (excludes halogenated alkanes) is 2. The van der Waals surface area contributed by atoms with Crippen LogP contribution in [0.15, 0.2) is 42.6 Å². The third-order valence-electron chi connectivity index (χ3n) is 4.33. The number of aromatic nitrogens is 1. The van der Waals surface area contributed by atoms with Crippen molar-refractivity contribution in [3.8, 4) is 0 Å². The highest BCUT2D eigenvalue weighted by atomic mass is 16.5. The van der Waals surface area contributed by atoms with Gasteiger partial charge >= 0.3 is 0 Å². The summed E-state index contributed by atoms with van der Waals surface area (Å²) >= 11 is 0. The highest BCUT2D eigenvalue weighted by Gasteiger charge is 2.39. The lowest BCUT2D eigenvalue weighted by molar-refractivity contribution is -0.0465. The van der Waals surface area contributed by atoms with Gasteiger partial charge in [0.2, 0.25) is 0 Å². The largest absolute Gasteiger partial charge is 0.365 e. The van der Waals surface area contributed by atoms with Gasteiger partial charge in [0.05, 0.1) is 12.2 Å². The average molecular weight is 269 g/mol. The van der Waals surface area contributed by atoms with E-state index in [1.165, 1.54) is 36.1 Å². The van der Waals surface area contributed by atoms with Crippen molar-refractivity contribution < 1.29 is 4.74 Å². The lowest BCUT2D eigenvalue weighted by atomic mass is 9.84. The van der Waals surface area contributed by atoms with E-state index in [9.17, 15) is 0 Å². The van der Waals surface area contributed by atoms with Crippen molar-refractivity contribution in [3.63, 3.8) is 0 Å². The van der Waals surface area contributed by atoms with E-state index in [1.807, 2.05) is 6.20 Å². The monoisotopic (exact) mass is 269 g/mol. The van der Waals surface area contributed by atoms with Crippen molar-refractivity contribution in [2.75, 3.05) is 0 Å². The lowest BCUT2D eigenvalue weighted by Crippen LogP contribution is -2.28. The predicted octanol–water partition coefficient (Wildman–Crippen LogP) is 4.56. The molecule has 0 saturated carbocycles. The topological polar surface area (TPSA) is 25.0 Å². The normalized spacial score (nSPS) is 21.1. The summed E-state index contributed by atoms with van der Waals surface area (Å²) in [6.07, 6.45) is 7.80. The molecule has 0 aliphatic carbocycles. The van der Waals surface area contributed by atoms with Crippen molar-refractivity contribution >= 4 is 0 Å². The molecule has 2 aromatic rings. The standard InChI is InChI=1S/C18H23NO/c1-2-3-6-11-18(13-16-9-7-12-19-16)17-10-5-4-8-15(17)14-20-18/h4-5,7-10,12,19H,2-3,6,11,13-14H2,1H3. The van der Waals surface area contributed by atoms with Crippen LogP contribution in [-0.4, -0.2) is 4.98 Å². The van der Waals surface area contributed by atoms with Crippen LogP contribution in [0.4, 0.5) is 0 Å². The van der Waals surface area contributed by atoms with E-state index in [1.54, 1.807) is 0 Å². The summed E-state index contributed by atoms with van der Waals surface area (Å²) in [5.74, 6) is 0. The highest BCUT2D eigenvalue weighted by Crippen LogP contribution is 2.42. The molecule has 0 radical (unpaired) electrons. The zero-order chi connectivity index (χ0) is 13.8. The summed E-state index contributed by atoms with van der Waals surface area (Å²) < 4.78 is 6.31. The highest BCUT2D eigenvalue weighted by molar-refractivity contribution is 5.36. The lowest BCUT2D eigenvalue weighted by Gasteiger charge is -2.29. The summed E-state index contributed by atoms with van der Waals surface area (Å²) in [5, 5.41) is 0. The molecule has 1 N–H and O–H groups in total. The van der Waals surface area contributed by atoms with Crippen molar-refractivity contribution in [1.29, 1.82) is 0 Å². The maximum absolute atomic E-state index is 6.31. The Labute approximate surface area is 121 Å². The van der Waals surface area contributed by atoms with Crippen LogP contribution in [-0.2, 0) is 23.4 Å². The molecule has 1 atom stereocenters. The maximum Gasteiger partial charge on any atom is 0.0993 e. The summed E-state index contributed by atoms with van der Waals surface area (Å²) in [6, 6.07) is 12.9. The second-order valence-electron chi connectivity index (χ2n) is 5.77. The molecule has 1 unspecified atom stereocenters. The zero-order valence-corrected chi connectivity index (χ0v) is 12.2. The zero-order valence-electron chi connectivity index (χ0n) is 12.2. The van der Waals surface area contributed by atoms with E-state index in [4.69, 9.17) is 4.74 Å². The van der Waals surface area contributed by atoms with E-state index in [0.29, 0.717) is 0 Å². The third kappa shape index (κ3) is 2.53. The van der Waals surface area contributed by atoms with Gasteiger partial charge in [-0.2, -0.15) is 0 Å². The third-order valence-corrected chi connectivity index (χ3v) is 4.33. The van der Waals surface area contributed by atoms with Crippen LogP contribution in [0.25, 0.3) is 0 Å². The minimum Gasteiger partial charge on any atom is -0.365 e. The number of aromatic amines is 1. The number of nitrogens with one attached hydrogen (secondary N) is 1. The molecule has 1 aliphatic heterocycles. The molecule has 106 valence electrons. The first-order valence-electron chi connectivity index (χ1n) is 7.69. The summed E-state index contributed by atoms with van der Waals surface area (Å²) in [6.45, 7) is 3.00. The van der Waals surface area contributed by atoms with Gasteiger partial charge in [-0.3, -0.25) is 0 Å². The van der Waals surface area contributed by atoms with E-state index in [2.05, 4.69) is 48.3 Å². The average Bonchev–Trinajstić information content (AvgIpc) is 3.09. The molecule has 0 amide bonds. The van der Waals surface area contributed by atoms with Gasteiger partial charge in [-0.25, -0.2) is 0 Å². The molecule has 0 bridgehead atoms. The maximum atomic E-state index is 6.31. The Morgan fingerprint density at radius 1 is 1.15 bits per heavy atom. The van der Waals surface area contributed by atoms with Crippen LogP contribution in [0.3, 0.4) is 0 Å². The first kappa shape index (κ1) is 13.4. The molecule has 1 aromatic heterocycles. The minimum atomic E-state index is -0.128. The fourth-order valence-electron chi connectivity index (χ4n) is 3.27. The van der Waals surface area contributed by atoms with Crippen LogP contribution >= 0.6 is 0 Å². The van der Waals surface area contributed by atoms with Gasteiger partial charge in [0.1, 0.15) is 0 Å². The second kappa shape index (κ2) is 5.84. The van der Waals surface area contributed by atoms with Gasteiger partial charge in [0.25, 0.3) is 0 Å². The second-order valence-corrected chi connectivity index (χ2v) is 5.77. The fourth-order valence-corrected chi connectivity index (χ4v) is 3.27. The van der Waals surface area contributed by atoms with Gasteiger partial charge in [0.15, 0.2) is 0 Å². The van der Waals surface area contributed by atoms with Gasteiger partial charge in [-0.15, -0.1) is 0 Å². The van der Waals surface area contributed by atoms with Crippen LogP contribution in [0.5, 0.6) is 0 Å². The van der Waals surface area contributed by atoms with Crippen molar-refractivity contribution in [2.24, 2.45) is 0 Å². The van der Waals surface area contributed by atoms with E-state index in [-0.39, 0.29) is 5.60 Å². The summed E-state index contributed by atoms with van der Waals surface area (Å²) in [7, 11) is 0.